The van der Waals surface area contributed by atoms with E-state index < -0.39 is 0 Å². The van der Waals surface area contributed by atoms with Crippen LogP contribution in [0.4, 0.5) is 0 Å². The number of ether oxygens (including phenoxy) is 1. The molecule has 1 aromatic carbocycles. The van der Waals surface area contributed by atoms with E-state index in [1.54, 1.807) is 0 Å². The van der Waals surface area contributed by atoms with Crippen LogP contribution in [-0.2, 0) is 17.9 Å². The number of hydrogen-bond donors (Lipinski definition) is 3. The predicted molar refractivity (Wildman–Crippen MR) is 109 cm³/mol. The van der Waals surface area contributed by atoms with Gasteiger partial charge in [-0.15, -0.1) is 0 Å². The second kappa shape index (κ2) is 14.6. The maximum atomic E-state index is 9.22. The molecule has 3 N–H and O–H groups in total. The van der Waals surface area contributed by atoms with Crippen LogP contribution in [0.3, 0.4) is 0 Å². The Kier molecular flexibility index (Phi) is 12.6. The summed E-state index contributed by atoms with van der Waals surface area (Å²) in [6, 6.07) is 8.32. The molecule has 0 aliphatic heterocycles. The van der Waals surface area contributed by atoms with Gasteiger partial charge in [0.15, 0.2) is 5.96 Å². The number of nitrogens with one attached hydrogen (secondary N) is 2. The molecule has 0 radical (unpaired) electrons. The van der Waals surface area contributed by atoms with Crippen LogP contribution in [0.1, 0.15) is 57.6 Å². The van der Waals surface area contributed by atoms with Gasteiger partial charge in [-0.2, -0.15) is 0 Å². The van der Waals surface area contributed by atoms with Crippen molar-refractivity contribution >= 4 is 5.96 Å². The van der Waals surface area contributed by atoms with Gasteiger partial charge in [-0.05, 0) is 43.2 Å². The Bertz CT molecular complexity index is 500. The highest BCUT2D eigenvalue weighted by molar-refractivity contribution is 5.79. The standard InChI is InChI=1S/C21H37N3O2/c1-4-9-18(12-13-25)15-23-21(22-6-3)24-16-19-10-7-8-11-20(19)17-26-14-5-2/h7-8,10-11,18,25H,4-6,9,12-17H2,1-3H3,(H2,22,23,24). The van der Waals surface area contributed by atoms with Gasteiger partial charge in [0.1, 0.15) is 0 Å². The molecule has 0 aromatic heterocycles. The molecule has 1 unspecified atom stereocenters. The lowest BCUT2D eigenvalue weighted by Gasteiger charge is -2.18. The summed E-state index contributed by atoms with van der Waals surface area (Å²) in [5.41, 5.74) is 2.39. The van der Waals surface area contributed by atoms with Crippen molar-refractivity contribution in [2.75, 3.05) is 26.3 Å². The van der Waals surface area contributed by atoms with Crippen molar-refractivity contribution in [3.05, 3.63) is 35.4 Å². The van der Waals surface area contributed by atoms with Gasteiger partial charge in [-0.3, -0.25) is 0 Å². The number of hydrogen-bond acceptors (Lipinski definition) is 3. The van der Waals surface area contributed by atoms with E-state index >= 15 is 0 Å². The second-order valence-electron chi connectivity index (χ2n) is 6.56. The molecule has 0 aliphatic carbocycles. The molecule has 0 saturated heterocycles. The first-order valence-electron chi connectivity index (χ1n) is 10.0. The van der Waals surface area contributed by atoms with E-state index in [1.807, 2.05) is 12.1 Å². The Balaban J connectivity index is 2.67. The summed E-state index contributed by atoms with van der Waals surface area (Å²) in [6.07, 6.45) is 4.11. The summed E-state index contributed by atoms with van der Waals surface area (Å²) in [4.78, 5) is 4.74. The first-order valence-corrected chi connectivity index (χ1v) is 10.0. The zero-order valence-electron chi connectivity index (χ0n) is 16.8. The fraction of sp³-hybridized carbons (Fsp3) is 0.667. The maximum Gasteiger partial charge on any atom is 0.191 e. The summed E-state index contributed by atoms with van der Waals surface area (Å²) in [5.74, 6) is 1.31. The smallest absolute Gasteiger partial charge is 0.191 e. The topological polar surface area (TPSA) is 65.9 Å². The van der Waals surface area contributed by atoms with E-state index in [9.17, 15) is 5.11 Å². The molecular weight excluding hydrogens is 326 g/mol. The highest BCUT2D eigenvalue weighted by atomic mass is 16.5. The molecule has 0 heterocycles. The third kappa shape index (κ3) is 9.20. The van der Waals surface area contributed by atoms with Gasteiger partial charge >= 0.3 is 0 Å². The minimum Gasteiger partial charge on any atom is -0.396 e. The molecule has 5 heteroatoms. The molecule has 0 aliphatic rings. The Hall–Kier alpha value is -1.59. The van der Waals surface area contributed by atoms with Crippen LogP contribution in [0.15, 0.2) is 29.3 Å². The van der Waals surface area contributed by atoms with E-state index in [4.69, 9.17) is 9.73 Å². The van der Waals surface area contributed by atoms with Gasteiger partial charge in [-0.1, -0.05) is 44.5 Å². The van der Waals surface area contributed by atoms with Gasteiger partial charge in [0.25, 0.3) is 0 Å². The molecule has 0 spiro atoms. The largest absolute Gasteiger partial charge is 0.396 e. The predicted octanol–water partition coefficient (Wildman–Crippen LogP) is 3.47. The monoisotopic (exact) mass is 363 g/mol. The zero-order valence-corrected chi connectivity index (χ0v) is 16.8. The second-order valence-corrected chi connectivity index (χ2v) is 6.56. The van der Waals surface area contributed by atoms with Crippen LogP contribution in [0.2, 0.25) is 0 Å². The summed E-state index contributed by atoms with van der Waals surface area (Å²) < 4.78 is 5.69. The Morgan fingerprint density at radius 1 is 1.08 bits per heavy atom. The first kappa shape index (κ1) is 22.5. The number of aliphatic hydroxyl groups is 1. The zero-order chi connectivity index (χ0) is 19.0. The first-order chi connectivity index (χ1) is 12.7. The summed E-state index contributed by atoms with van der Waals surface area (Å²) >= 11 is 0. The molecular formula is C21H37N3O2. The molecule has 148 valence electrons. The quantitative estimate of drug-likeness (QED) is 0.285. The number of rotatable bonds is 13. The van der Waals surface area contributed by atoms with Crippen LogP contribution in [0.25, 0.3) is 0 Å². The summed E-state index contributed by atoms with van der Waals surface area (Å²) in [5, 5.41) is 16.0. The fourth-order valence-electron chi connectivity index (χ4n) is 2.87. The van der Waals surface area contributed by atoms with Crippen molar-refractivity contribution < 1.29 is 9.84 Å². The molecule has 0 fully saturated rings. The van der Waals surface area contributed by atoms with E-state index in [0.29, 0.717) is 19.1 Å². The van der Waals surface area contributed by atoms with E-state index in [0.717, 1.165) is 51.3 Å². The molecule has 26 heavy (non-hydrogen) atoms. The Morgan fingerprint density at radius 2 is 1.85 bits per heavy atom. The van der Waals surface area contributed by atoms with Crippen molar-refractivity contribution in [1.82, 2.24) is 10.6 Å². The van der Waals surface area contributed by atoms with Gasteiger partial charge in [0.05, 0.1) is 13.2 Å². The van der Waals surface area contributed by atoms with Crippen LogP contribution >= 0.6 is 0 Å². The normalized spacial score (nSPS) is 12.8. The lowest BCUT2D eigenvalue weighted by molar-refractivity contribution is 0.121. The molecule has 1 rings (SSSR count). The maximum absolute atomic E-state index is 9.22. The lowest BCUT2D eigenvalue weighted by Crippen LogP contribution is -2.40. The molecule has 0 bridgehead atoms. The van der Waals surface area contributed by atoms with Gasteiger partial charge < -0.3 is 20.5 Å². The lowest BCUT2D eigenvalue weighted by atomic mass is 10.0. The summed E-state index contributed by atoms with van der Waals surface area (Å²) in [6.45, 7) is 10.3. The van der Waals surface area contributed by atoms with Crippen LogP contribution in [0.5, 0.6) is 0 Å². The molecule has 0 saturated carbocycles. The van der Waals surface area contributed by atoms with Crippen LogP contribution in [-0.4, -0.2) is 37.4 Å². The average molecular weight is 364 g/mol. The van der Waals surface area contributed by atoms with Crippen molar-refractivity contribution in [2.24, 2.45) is 10.9 Å². The average Bonchev–Trinajstić information content (AvgIpc) is 2.65. The molecule has 1 aromatic rings. The molecule has 1 atom stereocenters. The number of guanidine groups is 1. The minimum atomic E-state index is 0.241. The van der Waals surface area contributed by atoms with Crippen molar-refractivity contribution in [3.8, 4) is 0 Å². The molecule has 5 nitrogen and oxygen atoms in total. The third-order valence-corrected chi connectivity index (χ3v) is 4.27. The Labute approximate surface area is 159 Å². The van der Waals surface area contributed by atoms with Crippen molar-refractivity contribution in [2.45, 2.75) is 59.6 Å². The van der Waals surface area contributed by atoms with E-state index in [-0.39, 0.29) is 6.61 Å². The number of nitrogens with zero attached hydrogens (tertiary/aromatic N) is 1. The SMILES string of the molecule is CCCOCc1ccccc1CN=C(NCC)NCC(CCC)CCO. The van der Waals surface area contributed by atoms with Crippen molar-refractivity contribution in [1.29, 1.82) is 0 Å². The number of aliphatic imine (C=N–C) groups is 1. The van der Waals surface area contributed by atoms with E-state index in [1.165, 1.54) is 11.1 Å². The third-order valence-electron chi connectivity index (χ3n) is 4.27. The van der Waals surface area contributed by atoms with Crippen LogP contribution < -0.4 is 10.6 Å². The van der Waals surface area contributed by atoms with Gasteiger partial charge in [-0.25, -0.2) is 4.99 Å². The number of benzene rings is 1. The minimum absolute atomic E-state index is 0.241. The fourth-order valence-corrected chi connectivity index (χ4v) is 2.87. The number of aliphatic hydroxyl groups excluding tert-OH is 1. The highest BCUT2D eigenvalue weighted by Crippen LogP contribution is 2.12. The highest BCUT2D eigenvalue weighted by Gasteiger charge is 2.08. The van der Waals surface area contributed by atoms with Crippen molar-refractivity contribution in [3.63, 3.8) is 0 Å². The Morgan fingerprint density at radius 3 is 2.50 bits per heavy atom. The molecule has 0 amide bonds. The van der Waals surface area contributed by atoms with E-state index in [2.05, 4.69) is 43.5 Å². The van der Waals surface area contributed by atoms with Gasteiger partial charge in [0, 0.05) is 26.3 Å². The van der Waals surface area contributed by atoms with Crippen LogP contribution in [0, 0.1) is 5.92 Å². The van der Waals surface area contributed by atoms with Gasteiger partial charge in [0.2, 0.25) is 0 Å². The summed E-state index contributed by atoms with van der Waals surface area (Å²) in [7, 11) is 0.